The van der Waals surface area contributed by atoms with E-state index in [9.17, 15) is 9.59 Å². The van der Waals surface area contributed by atoms with E-state index in [0.29, 0.717) is 51.3 Å². The van der Waals surface area contributed by atoms with Crippen LogP contribution in [0.25, 0.3) is 5.69 Å². The maximum atomic E-state index is 13.3. The van der Waals surface area contributed by atoms with Crippen molar-refractivity contribution in [3.05, 3.63) is 79.7 Å². The molecule has 0 saturated carbocycles. The summed E-state index contributed by atoms with van der Waals surface area (Å²) in [6.45, 7) is 0.564. The number of carbonyl (C=O) groups is 1. The Morgan fingerprint density at radius 2 is 1.84 bits per heavy atom. The number of benzene rings is 2. The normalized spacial score (nSPS) is 13.0. The summed E-state index contributed by atoms with van der Waals surface area (Å²) < 4.78 is 12.2. The molecule has 0 N–H and O–H groups in total. The molecule has 1 aromatic heterocycles. The second kappa shape index (κ2) is 8.61. The molecule has 0 unspecified atom stereocenters. The van der Waals surface area contributed by atoms with Crippen molar-refractivity contribution in [3.8, 4) is 17.4 Å². The Hall–Kier alpha value is -3.03. The molecular weight excluding hydrogens is 441 g/mol. The zero-order chi connectivity index (χ0) is 22.1. The number of ether oxygens (including phenoxy) is 2. The minimum absolute atomic E-state index is 0.122. The van der Waals surface area contributed by atoms with Gasteiger partial charge < -0.3 is 14.4 Å². The van der Waals surface area contributed by atoms with Crippen LogP contribution in [-0.2, 0) is 13.0 Å². The zero-order valence-corrected chi connectivity index (χ0v) is 18.4. The van der Waals surface area contributed by atoms with Gasteiger partial charge >= 0.3 is 6.01 Å². The number of halogens is 2. The molecule has 0 atom stereocenters. The second-order valence-electron chi connectivity index (χ2n) is 6.94. The fraction of sp³-hybridized carbons (Fsp3) is 0.227. The van der Waals surface area contributed by atoms with Crippen molar-refractivity contribution in [1.82, 2.24) is 14.5 Å². The number of rotatable bonds is 4. The highest BCUT2D eigenvalue weighted by molar-refractivity contribution is 6.42. The minimum atomic E-state index is -0.243. The third kappa shape index (κ3) is 3.86. The zero-order valence-electron chi connectivity index (χ0n) is 16.9. The van der Waals surface area contributed by atoms with Crippen LogP contribution in [0, 0.1) is 0 Å². The van der Waals surface area contributed by atoms with E-state index in [1.165, 1.54) is 24.9 Å². The summed E-state index contributed by atoms with van der Waals surface area (Å²) in [4.78, 5) is 32.5. The quantitative estimate of drug-likeness (QED) is 0.593. The molecule has 2 aromatic carbocycles. The number of nitrogens with zero attached hydrogens (tertiary/aromatic N) is 3. The highest BCUT2D eigenvalue weighted by Gasteiger charge is 2.28. The van der Waals surface area contributed by atoms with E-state index >= 15 is 0 Å². The summed E-state index contributed by atoms with van der Waals surface area (Å²) in [6.07, 6.45) is 0.368. The Morgan fingerprint density at radius 1 is 1.06 bits per heavy atom. The lowest BCUT2D eigenvalue weighted by atomic mass is 10.0. The smallest absolute Gasteiger partial charge is 0.304 e. The summed E-state index contributed by atoms with van der Waals surface area (Å²) in [5.41, 5.74) is 1.77. The lowest BCUT2D eigenvalue weighted by molar-refractivity contribution is 0.0730. The van der Waals surface area contributed by atoms with Gasteiger partial charge in [0.05, 0.1) is 42.2 Å². The third-order valence-electron chi connectivity index (χ3n) is 5.17. The number of para-hydroxylation sites is 2. The molecule has 9 heteroatoms. The molecule has 1 aliphatic rings. The van der Waals surface area contributed by atoms with E-state index in [1.807, 2.05) is 6.07 Å². The van der Waals surface area contributed by atoms with Gasteiger partial charge in [0.2, 0.25) is 0 Å². The minimum Gasteiger partial charge on any atom is -0.495 e. The standard InChI is InChI=1S/C22H19Cl2N3O4/c1-30-19-6-4-3-5-18(19)27-21(29)14-9-10-26(12-17(14)25-22(27)31-2)20(28)13-7-8-15(23)16(24)11-13/h3-8,11H,9-10,12H2,1-2H3. The van der Waals surface area contributed by atoms with Gasteiger partial charge in [0.15, 0.2) is 0 Å². The molecular formula is C22H19Cl2N3O4. The Morgan fingerprint density at radius 3 is 2.55 bits per heavy atom. The van der Waals surface area contributed by atoms with E-state index < -0.39 is 0 Å². The molecule has 0 saturated heterocycles. The van der Waals surface area contributed by atoms with Crippen LogP contribution >= 0.6 is 23.2 Å². The van der Waals surface area contributed by atoms with E-state index in [1.54, 1.807) is 35.2 Å². The average molecular weight is 460 g/mol. The van der Waals surface area contributed by atoms with Crippen LogP contribution < -0.4 is 15.0 Å². The first kappa shape index (κ1) is 21.2. The van der Waals surface area contributed by atoms with Crippen LogP contribution in [0.5, 0.6) is 11.8 Å². The molecule has 0 bridgehead atoms. The van der Waals surface area contributed by atoms with Crippen LogP contribution in [0.1, 0.15) is 21.6 Å². The summed E-state index contributed by atoms with van der Waals surface area (Å²) in [7, 11) is 2.98. The van der Waals surface area contributed by atoms with Crippen molar-refractivity contribution >= 4 is 29.1 Å². The number of methoxy groups -OCH3 is 2. The van der Waals surface area contributed by atoms with E-state index in [-0.39, 0.29) is 24.0 Å². The molecule has 4 rings (SSSR count). The molecule has 1 aliphatic heterocycles. The van der Waals surface area contributed by atoms with Crippen molar-refractivity contribution in [2.45, 2.75) is 13.0 Å². The number of aromatic nitrogens is 2. The summed E-state index contributed by atoms with van der Waals surface area (Å²) in [5.74, 6) is 0.316. The number of amides is 1. The molecule has 7 nitrogen and oxygen atoms in total. The average Bonchev–Trinajstić information content (AvgIpc) is 2.79. The Labute approximate surface area is 188 Å². The first-order valence-corrected chi connectivity index (χ1v) is 10.3. The lowest BCUT2D eigenvalue weighted by Crippen LogP contribution is -2.40. The molecule has 31 heavy (non-hydrogen) atoms. The third-order valence-corrected chi connectivity index (χ3v) is 5.91. The van der Waals surface area contributed by atoms with Gasteiger partial charge in [0, 0.05) is 17.7 Å². The van der Waals surface area contributed by atoms with Gasteiger partial charge in [-0.15, -0.1) is 0 Å². The van der Waals surface area contributed by atoms with Crippen molar-refractivity contribution in [1.29, 1.82) is 0 Å². The molecule has 0 fully saturated rings. The molecule has 0 radical (unpaired) electrons. The van der Waals surface area contributed by atoms with Gasteiger partial charge in [0.1, 0.15) is 5.75 Å². The molecule has 3 aromatic rings. The highest BCUT2D eigenvalue weighted by atomic mass is 35.5. The second-order valence-corrected chi connectivity index (χ2v) is 7.76. The van der Waals surface area contributed by atoms with Gasteiger partial charge in [-0.1, -0.05) is 35.3 Å². The molecule has 0 aliphatic carbocycles. The Balaban J connectivity index is 1.73. The van der Waals surface area contributed by atoms with Gasteiger partial charge in [-0.05, 0) is 36.8 Å². The van der Waals surface area contributed by atoms with Crippen molar-refractivity contribution < 1.29 is 14.3 Å². The summed E-state index contributed by atoms with van der Waals surface area (Å²) >= 11 is 12.0. The summed E-state index contributed by atoms with van der Waals surface area (Å²) in [6, 6.07) is 12.0. The Kier molecular flexibility index (Phi) is 5.89. The topological polar surface area (TPSA) is 73.7 Å². The van der Waals surface area contributed by atoms with Crippen molar-refractivity contribution in [2.24, 2.45) is 0 Å². The first-order chi connectivity index (χ1) is 14.9. The molecule has 2 heterocycles. The van der Waals surface area contributed by atoms with Crippen molar-refractivity contribution in [2.75, 3.05) is 20.8 Å². The van der Waals surface area contributed by atoms with Crippen LogP contribution in [0.2, 0.25) is 10.0 Å². The van der Waals surface area contributed by atoms with E-state index in [2.05, 4.69) is 4.98 Å². The van der Waals surface area contributed by atoms with Crippen LogP contribution in [-0.4, -0.2) is 41.1 Å². The number of hydrogen-bond acceptors (Lipinski definition) is 5. The van der Waals surface area contributed by atoms with E-state index in [0.717, 1.165) is 0 Å². The SMILES string of the molecule is COc1ccccc1-n1c(OC)nc2c(c1=O)CCN(C(=O)c1ccc(Cl)c(Cl)c1)C2. The maximum absolute atomic E-state index is 13.3. The predicted octanol–water partition coefficient (Wildman–Crippen LogP) is 3.76. The molecule has 0 spiro atoms. The van der Waals surface area contributed by atoms with Gasteiger partial charge in [-0.2, -0.15) is 4.98 Å². The van der Waals surface area contributed by atoms with Gasteiger partial charge in [-0.3, -0.25) is 9.59 Å². The van der Waals surface area contributed by atoms with Crippen LogP contribution in [0.15, 0.2) is 47.3 Å². The fourth-order valence-corrected chi connectivity index (χ4v) is 3.91. The van der Waals surface area contributed by atoms with Crippen LogP contribution in [0.4, 0.5) is 0 Å². The summed E-state index contributed by atoms with van der Waals surface area (Å²) in [5, 5.41) is 0.690. The Bertz CT molecular complexity index is 1230. The number of carbonyl (C=O) groups excluding carboxylic acids is 1. The first-order valence-electron chi connectivity index (χ1n) is 9.51. The van der Waals surface area contributed by atoms with Crippen LogP contribution in [0.3, 0.4) is 0 Å². The number of hydrogen-bond donors (Lipinski definition) is 0. The largest absolute Gasteiger partial charge is 0.495 e. The monoisotopic (exact) mass is 459 g/mol. The van der Waals surface area contributed by atoms with Gasteiger partial charge in [0.25, 0.3) is 11.5 Å². The highest BCUT2D eigenvalue weighted by Crippen LogP contribution is 2.27. The molecule has 160 valence electrons. The fourth-order valence-electron chi connectivity index (χ4n) is 3.62. The van der Waals surface area contributed by atoms with Gasteiger partial charge in [-0.25, -0.2) is 4.57 Å². The van der Waals surface area contributed by atoms with E-state index in [4.69, 9.17) is 32.7 Å². The predicted molar refractivity (Wildman–Crippen MR) is 118 cm³/mol. The maximum Gasteiger partial charge on any atom is 0.304 e. The van der Waals surface area contributed by atoms with Crippen molar-refractivity contribution in [3.63, 3.8) is 0 Å². The lowest BCUT2D eigenvalue weighted by Gasteiger charge is -2.29. The molecule has 1 amide bonds. The number of fused-ring (bicyclic) bond motifs is 1.